The number of methoxy groups -OCH3 is 1. The number of ether oxygens (including phenoxy) is 1. The van der Waals surface area contributed by atoms with Crippen LogP contribution in [0, 0.1) is 5.82 Å². The molecule has 1 atom stereocenters. The third kappa shape index (κ3) is 3.49. The molecule has 0 spiro atoms. The van der Waals surface area contributed by atoms with Gasteiger partial charge >= 0.3 is 0 Å². The lowest BCUT2D eigenvalue weighted by atomic mass is 10.1. The molecule has 1 aromatic carbocycles. The molecule has 0 radical (unpaired) electrons. The molecular weight excluding hydrogens is 277 g/mol. The van der Waals surface area contributed by atoms with Crippen molar-refractivity contribution in [3.63, 3.8) is 0 Å². The molecule has 1 aliphatic heterocycles. The number of halogens is 1. The third-order valence-electron chi connectivity index (χ3n) is 3.49. The first-order valence-corrected chi connectivity index (χ1v) is 6.61. The molecule has 1 fully saturated rings. The lowest BCUT2D eigenvalue weighted by molar-refractivity contribution is -0.142. The van der Waals surface area contributed by atoms with Crippen molar-refractivity contribution in [1.82, 2.24) is 4.90 Å². The fourth-order valence-corrected chi connectivity index (χ4v) is 2.42. The molecule has 7 heteroatoms. The van der Waals surface area contributed by atoms with Crippen LogP contribution in [0.25, 0.3) is 0 Å². The predicted molar refractivity (Wildman–Crippen MR) is 75.2 cm³/mol. The summed E-state index contributed by atoms with van der Waals surface area (Å²) in [6.07, 6.45) is 0. The second-order valence-electron chi connectivity index (χ2n) is 4.86. The van der Waals surface area contributed by atoms with Crippen molar-refractivity contribution in [2.75, 3.05) is 38.3 Å². The number of nitrogens with zero attached hydrogens (tertiary/aromatic N) is 2. The summed E-state index contributed by atoms with van der Waals surface area (Å²) in [5.41, 5.74) is 6.19. The summed E-state index contributed by atoms with van der Waals surface area (Å²) >= 11 is 0. The van der Waals surface area contributed by atoms with Crippen LogP contribution in [0.4, 0.5) is 10.1 Å². The fraction of sp³-hybridized carbons (Fsp3) is 0.429. The zero-order valence-electron chi connectivity index (χ0n) is 11.8. The molecule has 2 rings (SSSR count). The lowest BCUT2D eigenvalue weighted by Gasteiger charge is -2.40. The number of rotatable bonds is 4. The van der Waals surface area contributed by atoms with E-state index in [2.05, 4.69) is 0 Å². The van der Waals surface area contributed by atoms with Crippen LogP contribution in [0.15, 0.2) is 24.3 Å². The van der Waals surface area contributed by atoms with Gasteiger partial charge in [0.15, 0.2) is 0 Å². The molecule has 0 saturated carbocycles. The summed E-state index contributed by atoms with van der Waals surface area (Å²) in [6.45, 7) is 1.12. The van der Waals surface area contributed by atoms with E-state index >= 15 is 0 Å². The average Bonchev–Trinajstić information content (AvgIpc) is 2.47. The monoisotopic (exact) mass is 295 g/mol. The van der Waals surface area contributed by atoms with Crippen molar-refractivity contribution >= 4 is 17.5 Å². The number of amides is 2. The van der Waals surface area contributed by atoms with Gasteiger partial charge in [0.05, 0.1) is 0 Å². The number of piperazine rings is 1. The highest BCUT2D eigenvalue weighted by atomic mass is 19.1. The van der Waals surface area contributed by atoms with Crippen LogP contribution in [-0.2, 0) is 14.3 Å². The summed E-state index contributed by atoms with van der Waals surface area (Å²) in [5, 5.41) is 0. The first-order chi connectivity index (χ1) is 10.0. The van der Waals surface area contributed by atoms with Gasteiger partial charge in [0.1, 0.15) is 18.5 Å². The molecule has 1 aromatic rings. The maximum atomic E-state index is 13.0. The summed E-state index contributed by atoms with van der Waals surface area (Å²) in [7, 11) is 1.42. The maximum absolute atomic E-state index is 13.0. The van der Waals surface area contributed by atoms with Crippen LogP contribution in [0.1, 0.15) is 0 Å². The molecule has 1 unspecified atom stereocenters. The Morgan fingerprint density at radius 2 is 2.00 bits per heavy atom. The van der Waals surface area contributed by atoms with E-state index in [1.54, 1.807) is 12.1 Å². The topological polar surface area (TPSA) is 75.9 Å². The summed E-state index contributed by atoms with van der Waals surface area (Å²) < 4.78 is 17.8. The largest absolute Gasteiger partial charge is 0.375 e. The molecule has 0 aliphatic carbocycles. The third-order valence-corrected chi connectivity index (χ3v) is 3.49. The van der Waals surface area contributed by atoms with E-state index in [4.69, 9.17) is 10.5 Å². The van der Waals surface area contributed by atoms with E-state index in [1.807, 2.05) is 4.90 Å². The Morgan fingerprint density at radius 3 is 2.57 bits per heavy atom. The minimum atomic E-state index is -0.716. The van der Waals surface area contributed by atoms with Gasteiger partial charge in [0.2, 0.25) is 11.8 Å². The van der Waals surface area contributed by atoms with E-state index < -0.39 is 11.9 Å². The van der Waals surface area contributed by atoms with E-state index in [-0.39, 0.29) is 24.9 Å². The molecule has 2 N–H and O–H groups in total. The van der Waals surface area contributed by atoms with E-state index in [0.717, 1.165) is 5.69 Å². The summed E-state index contributed by atoms with van der Waals surface area (Å²) in [5.74, 6) is -1.15. The molecule has 114 valence electrons. The molecule has 0 bridgehead atoms. The Hall–Kier alpha value is -2.15. The number of carbonyl (C=O) groups is 2. The number of hydrogen-bond donors (Lipinski definition) is 1. The fourth-order valence-electron chi connectivity index (χ4n) is 2.42. The highest BCUT2D eigenvalue weighted by Gasteiger charge is 2.34. The molecule has 0 aromatic heterocycles. The molecule has 21 heavy (non-hydrogen) atoms. The first kappa shape index (κ1) is 15.2. The number of carbonyl (C=O) groups excluding carboxylic acids is 2. The highest BCUT2D eigenvalue weighted by molar-refractivity contribution is 5.88. The van der Waals surface area contributed by atoms with Gasteiger partial charge in [0.25, 0.3) is 0 Å². The van der Waals surface area contributed by atoms with Crippen LogP contribution in [0.2, 0.25) is 0 Å². The van der Waals surface area contributed by atoms with Gasteiger partial charge in [-0.3, -0.25) is 9.59 Å². The van der Waals surface area contributed by atoms with E-state index in [9.17, 15) is 14.0 Å². The zero-order chi connectivity index (χ0) is 15.4. The number of anilines is 1. The average molecular weight is 295 g/mol. The number of benzene rings is 1. The minimum Gasteiger partial charge on any atom is -0.375 e. The van der Waals surface area contributed by atoms with Crippen LogP contribution in [0.3, 0.4) is 0 Å². The predicted octanol–water partition coefficient (Wildman–Crippen LogP) is -0.0254. The number of primary amides is 1. The smallest absolute Gasteiger partial charge is 0.249 e. The molecule has 2 amide bonds. The highest BCUT2D eigenvalue weighted by Crippen LogP contribution is 2.19. The van der Waals surface area contributed by atoms with Gasteiger partial charge < -0.3 is 20.3 Å². The SMILES string of the molecule is COCC(=O)N1CCN(c2ccc(F)cc2)CC1C(N)=O. The first-order valence-electron chi connectivity index (χ1n) is 6.61. The van der Waals surface area contributed by atoms with E-state index in [1.165, 1.54) is 24.1 Å². The second-order valence-corrected chi connectivity index (χ2v) is 4.86. The molecular formula is C14H18FN3O3. The summed E-state index contributed by atoms with van der Waals surface area (Å²) in [6, 6.07) is 5.28. The minimum absolute atomic E-state index is 0.0830. The maximum Gasteiger partial charge on any atom is 0.249 e. The van der Waals surface area contributed by atoms with Crippen molar-refractivity contribution in [1.29, 1.82) is 0 Å². The van der Waals surface area contributed by atoms with Crippen molar-refractivity contribution < 1.29 is 18.7 Å². The lowest BCUT2D eigenvalue weighted by Crippen LogP contribution is -2.60. The van der Waals surface area contributed by atoms with Gasteiger partial charge in [0, 0.05) is 32.4 Å². The van der Waals surface area contributed by atoms with Gasteiger partial charge in [-0.25, -0.2) is 4.39 Å². The standard InChI is InChI=1S/C14H18FN3O3/c1-21-9-13(19)18-7-6-17(8-12(18)14(16)20)11-4-2-10(15)3-5-11/h2-5,12H,6-9H2,1H3,(H2,16,20). The van der Waals surface area contributed by atoms with Crippen molar-refractivity contribution in [3.8, 4) is 0 Å². The number of hydrogen-bond acceptors (Lipinski definition) is 4. The molecule has 1 heterocycles. The Bertz CT molecular complexity index is 521. The van der Waals surface area contributed by atoms with Crippen LogP contribution in [-0.4, -0.2) is 56.1 Å². The zero-order valence-corrected chi connectivity index (χ0v) is 11.8. The van der Waals surface area contributed by atoms with Crippen molar-refractivity contribution in [3.05, 3.63) is 30.1 Å². The van der Waals surface area contributed by atoms with Gasteiger partial charge in [-0.05, 0) is 24.3 Å². The quantitative estimate of drug-likeness (QED) is 0.846. The number of nitrogens with two attached hydrogens (primary N) is 1. The Morgan fingerprint density at radius 1 is 1.33 bits per heavy atom. The van der Waals surface area contributed by atoms with Crippen LogP contribution in [0.5, 0.6) is 0 Å². The Labute approximate surface area is 122 Å². The van der Waals surface area contributed by atoms with Crippen LogP contribution >= 0.6 is 0 Å². The summed E-state index contributed by atoms with van der Waals surface area (Å²) in [4.78, 5) is 26.9. The van der Waals surface area contributed by atoms with E-state index in [0.29, 0.717) is 13.1 Å². The normalized spacial score (nSPS) is 18.7. The molecule has 6 nitrogen and oxygen atoms in total. The molecule has 1 aliphatic rings. The Kier molecular flexibility index (Phi) is 4.74. The van der Waals surface area contributed by atoms with Crippen molar-refractivity contribution in [2.24, 2.45) is 5.73 Å². The second kappa shape index (κ2) is 6.53. The molecule has 1 saturated heterocycles. The Balaban J connectivity index is 2.13. The van der Waals surface area contributed by atoms with Gasteiger partial charge in [-0.2, -0.15) is 0 Å². The van der Waals surface area contributed by atoms with Gasteiger partial charge in [-0.15, -0.1) is 0 Å². The van der Waals surface area contributed by atoms with Crippen molar-refractivity contribution in [2.45, 2.75) is 6.04 Å². The van der Waals surface area contributed by atoms with Crippen LogP contribution < -0.4 is 10.6 Å². The van der Waals surface area contributed by atoms with Gasteiger partial charge in [-0.1, -0.05) is 0 Å².